The van der Waals surface area contributed by atoms with Gasteiger partial charge in [-0.05, 0) is 32.4 Å². The number of benzene rings is 1. The average Bonchev–Trinajstić information content (AvgIpc) is 2.15. The lowest BCUT2D eigenvalue weighted by Crippen LogP contribution is -2.43. The molecule has 1 N–H and O–H groups in total. The third kappa shape index (κ3) is 4.14. The van der Waals surface area contributed by atoms with Crippen LogP contribution in [0.5, 0.6) is 0 Å². The van der Waals surface area contributed by atoms with Crippen LogP contribution in [0, 0.1) is 0 Å². The molecule has 0 aromatic heterocycles. The largest absolute Gasteiger partial charge is 0.242 e. The van der Waals surface area contributed by atoms with Crippen LogP contribution in [0.3, 0.4) is 0 Å². The molecule has 1 aromatic carbocycles. The Balaban J connectivity index is 3.02. The quantitative estimate of drug-likeness (QED) is 0.849. The lowest BCUT2D eigenvalue weighted by Gasteiger charge is -2.25. The SMILES string of the molecule is CC(C)(CCCl)NS(=O)(=O)c1ccccc1Cl. The van der Waals surface area contributed by atoms with Crippen LogP contribution in [-0.2, 0) is 10.0 Å². The van der Waals surface area contributed by atoms with E-state index in [1.165, 1.54) is 6.07 Å². The molecule has 0 unspecified atom stereocenters. The minimum absolute atomic E-state index is 0.0873. The van der Waals surface area contributed by atoms with E-state index in [0.717, 1.165) is 0 Å². The number of rotatable bonds is 5. The van der Waals surface area contributed by atoms with Crippen molar-refractivity contribution < 1.29 is 8.42 Å². The Labute approximate surface area is 112 Å². The Morgan fingerprint density at radius 3 is 2.41 bits per heavy atom. The van der Waals surface area contributed by atoms with Crippen LogP contribution in [0.15, 0.2) is 29.2 Å². The first-order valence-corrected chi connectivity index (χ1v) is 7.52. The molecular formula is C11H15Cl2NO2S. The fourth-order valence-electron chi connectivity index (χ4n) is 1.37. The zero-order chi connectivity index (χ0) is 13.1. The first-order chi connectivity index (χ1) is 7.78. The van der Waals surface area contributed by atoms with Gasteiger partial charge in [0.2, 0.25) is 10.0 Å². The predicted molar refractivity (Wildman–Crippen MR) is 71.2 cm³/mol. The van der Waals surface area contributed by atoms with E-state index in [9.17, 15) is 8.42 Å². The minimum atomic E-state index is -3.61. The summed E-state index contributed by atoms with van der Waals surface area (Å²) >= 11 is 11.5. The highest BCUT2D eigenvalue weighted by Gasteiger charge is 2.26. The fraction of sp³-hybridized carbons (Fsp3) is 0.455. The second kappa shape index (κ2) is 5.57. The minimum Gasteiger partial charge on any atom is -0.207 e. The van der Waals surface area contributed by atoms with Crippen molar-refractivity contribution >= 4 is 33.2 Å². The zero-order valence-corrected chi connectivity index (χ0v) is 12.0. The molecule has 0 fully saturated rings. The van der Waals surface area contributed by atoms with Gasteiger partial charge in [0.05, 0.1) is 5.02 Å². The van der Waals surface area contributed by atoms with Gasteiger partial charge in [0, 0.05) is 11.4 Å². The molecule has 0 saturated carbocycles. The highest BCUT2D eigenvalue weighted by atomic mass is 35.5. The summed E-state index contributed by atoms with van der Waals surface area (Å²) in [4.78, 5) is 0.0873. The molecule has 6 heteroatoms. The maximum absolute atomic E-state index is 12.1. The summed E-state index contributed by atoms with van der Waals surface area (Å²) in [6, 6.07) is 6.34. The Morgan fingerprint density at radius 2 is 1.88 bits per heavy atom. The average molecular weight is 296 g/mol. The molecule has 0 heterocycles. The molecule has 0 atom stereocenters. The van der Waals surface area contributed by atoms with Crippen molar-refractivity contribution in [2.75, 3.05) is 5.88 Å². The third-order valence-corrected chi connectivity index (χ3v) is 4.64. The van der Waals surface area contributed by atoms with Crippen molar-refractivity contribution in [3.05, 3.63) is 29.3 Å². The van der Waals surface area contributed by atoms with Crippen molar-refractivity contribution in [2.45, 2.75) is 30.7 Å². The molecule has 0 bridgehead atoms. The van der Waals surface area contributed by atoms with E-state index >= 15 is 0 Å². The van der Waals surface area contributed by atoms with Crippen molar-refractivity contribution in [1.29, 1.82) is 0 Å². The molecule has 0 amide bonds. The predicted octanol–water partition coefficient (Wildman–Crippen LogP) is 3.03. The topological polar surface area (TPSA) is 46.2 Å². The van der Waals surface area contributed by atoms with Gasteiger partial charge in [-0.1, -0.05) is 23.7 Å². The van der Waals surface area contributed by atoms with Crippen LogP contribution in [-0.4, -0.2) is 19.8 Å². The van der Waals surface area contributed by atoms with Gasteiger partial charge in [-0.2, -0.15) is 0 Å². The number of sulfonamides is 1. The molecule has 17 heavy (non-hydrogen) atoms. The smallest absolute Gasteiger partial charge is 0.207 e. The summed E-state index contributed by atoms with van der Waals surface area (Å²) in [5, 5.41) is 0.210. The number of halogens is 2. The van der Waals surface area contributed by atoms with Crippen LogP contribution in [0.2, 0.25) is 5.02 Å². The standard InChI is InChI=1S/C11H15Cl2NO2S/c1-11(2,7-8-12)14-17(15,16)10-6-4-3-5-9(10)13/h3-6,14H,7-8H2,1-2H3. The summed E-state index contributed by atoms with van der Waals surface area (Å²) in [5.74, 6) is 0.387. The molecule has 3 nitrogen and oxygen atoms in total. The van der Waals surface area contributed by atoms with Crippen LogP contribution in [0.4, 0.5) is 0 Å². The first-order valence-electron chi connectivity index (χ1n) is 5.13. The second-order valence-corrected chi connectivity index (χ2v) is 6.79. The van der Waals surface area contributed by atoms with E-state index in [4.69, 9.17) is 23.2 Å². The molecule has 0 saturated heterocycles. The van der Waals surface area contributed by atoms with Crippen LogP contribution in [0.1, 0.15) is 20.3 Å². The molecule has 0 spiro atoms. The summed E-state index contributed by atoms with van der Waals surface area (Å²) in [6.45, 7) is 3.56. The van der Waals surface area contributed by atoms with Crippen molar-refractivity contribution in [2.24, 2.45) is 0 Å². The number of alkyl halides is 1. The summed E-state index contributed by atoms with van der Waals surface area (Å²) in [6.07, 6.45) is 0.540. The molecule has 0 aliphatic carbocycles. The summed E-state index contributed by atoms with van der Waals surface area (Å²) in [5.41, 5.74) is -0.597. The van der Waals surface area contributed by atoms with E-state index in [2.05, 4.69) is 4.72 Å². The van der Waals surface area contributed by atoms with Crippen LogP contribution >= 0.6 is 23.2 Å². The summed E-state index contributed by atoms with van der Waals surface area (Å²) < 4.78 is 26.8. The van der Waals surface area contributed by atoms with Gasteiger partial charge in [-0.3, -0.25) is 0 Å². The Kier molecular flexibility index (Phi) is 4.84. The molecule has 0 aliphatic heterocycles. The van der Waals surface area contributed by atoms with Crippen molar-refractivity contribution in [3.8, 4) is 0 Å². The lowest BCUT2D eigenvalue weighted by molar-refractivity contribution is 0.441. The van der Waals surface area contributed by atoms with E-state index in [1.807, 2.05) is 0 Å². The third-order valence-electron chi connectivity index (χ3n) is 2.26. The normalized spacial score (nSPS) is 12.7. The Morgan fingerprint density at radius 1 is 1.29 bits per heavy atom. The maximum Gasteiger partial charge on any atom is 0.242 e. The van der Waals surface area contributed by atoms with E-state index in [0.29, 0.717) is 12.3 Å². The first kappa shape index (κ1) is 14.8. The molecule has 0 radical (unpaired) electrons. The van der Waals surface area contributed by atoms with Gasteiger partial charge in [0.25, 0.3) is 0 Å². The second-order valence-electron chi connectivity index (χ2n) is 4.36. The molecular weight excluding hydrogens is 281 g/mol. The van der Waals surface area contributed by atoms with Gasteiger partial charge in [-0.25, -0.2) is 13.1 Å². The van der Waals surface area contributed by atoms with Crippen molar-refractivity contribution in [1.82, 2.24) is 4.72 Å². The maximum atomic E-state index is 12.1. The van der Waals surface area contributed by atoms with E-state index < -0.39 is 15.6 Å². The lowest BCUT2D eigenvalue weighted by atomic mass is 10.0. The number of hydrogen-bond donors (Lipinski definition) is 1. The Bertz CT molecular complexity index is 486. The van der Waals surface area contributed by atoms with Crippen LogP contribution in [0.25, 0.3) is 0 Å². The van der Waals surface area contributed by atoms with Gasteiger partial charge < -0.3 is 0 Å². The van der Waals surface area contributed by atoms with Gasteiger partial charge in [-0.15, -0.1) is 11.6 Å². The molecule has 0 aliphatic rings. The van der Waals surface area contributed by atoms with Crippen molar-refractivity contribution in [3.63, 3.8) is 0 Å². The van der Waals surface area contributed by atoms with E-state index in [1.54, 1.807) is 32.0 Å². The number of nitrogens with one attached hydrogen (secondary N) is 1. The zero-order valence-electron chi connectivity index (χ0n) is 9.70. The summed E-state index contributed by atoms with van der Waals surface area (Å²) in [7, 11) is -3.61. The molecule has 1 aromatic rings. The molecule has 1 rings (SSSR count). The molecule has 96 valence electrons. The Hall–Kier alpha value is -0.290. The van der Waals surface area contributed by atoms with E-state index in [-0.39, 0.29) is 9.92 Å². The highest BCUT2D eigenvalue weighted by Crippen LogP contribution is 2.22. The monoisotopic (exact) mass is 295 g/mol. The number of hydrogen-bond acceptors (Lipinski definition) is 2. The van der Waals surface area contributed by atoms with Gasteiger partial charge >= 0.3 is 0 Å². The van der Waals surface area contributed by atoms with Crippen LogP contribution < -0.4 is 4.72 Å². The van der Waals surface area contributed by atoms with Gasteiger partial charge in [0.1, 0.15) is 4.90 Å². The van der Waals surface area contributed by atoms with Gasteiger partial charge in [0.15, 0.2) is 0 Å². The highest BCUT2D eigenvalue weighted by molar-refractivity contribution is 7.89. The fourth-order valence-corrected chi connectivity index (χ4v) is 3.80.